The summed E-state index contributed by atoms with van der Waals surface area (Å²) in [5.74, 6) is -0.151. The predicted octanol–water partition coefficient (Wildman–Crippen LogP) is 4.28. The third kappa shape index (κ3) is 4.74. The number of anilines is 1. The molecule has 2 aromatic rings. The Bertz CT molecular complexity index is 617. The highest BCUT2D eigenvalue weighted by molar-refractivity contribution is 6.36. The number of hydrogen-bond acceptors (Lipinski definition) is 2. The molecule has 0 saturated heterocycles. The number of carbonyl (C=O) groups excluding carboxylic acids is 1. The van der Waals surface area contributed by atoms with Gasteiger partial charge in [0.05, 0.1) is 17.3 Å². The topological polar surface area (TPSA) is 41.1 Å². The van der Waals surface area contributed by atoms with Crippen LogP contribution in [0.3, 0.4) is 0 Å². The van der Waals surface area contributed by atoms with Gasteiger partial charge in [0.25, 0.3) is 0 Å². The summed E-state index contributed by atoms with van der Waals surface area (Å²) in [5.41, 5.74) is 1.69. The molecule has 2 N–H and O–H groups in total. The number of amides is 1. The molecule has 0 aliphatic heterocycles. The molecule has 2 aromatic carbocycles. The quantitative estimate of drug-likeness (QED) is 0.862. The lowest BCUT2D eigenvalue weighted by molar-refractivity contribution is -0.115. The van der Waals surface area contributed by atoms with Crippen LogP contribution in [0, 0.1) is 0 Å². The number of benzene rings is 2. The molecule has 0 fully saturated rings. The minimum Gasteiger partial charge on any atom is -0.324 e. The summed E-state index contributed by atoms with van der Waals surface area (Å²) < 4.78 is 0. The van der Waals surface area contributed by atoms with Crippen LogP contribution in [0.5, 0.6) is 0 Å². The van der Waals surface area contributed by atoms with E-state index in [1.54, 1.807) is 18.2 Å². The van der Waals surface area contributed by atoms with Crippen LogP contribution in [0.2, 0.25) is 10.0 Å². The molecule has 1 atom stereocenters. The zero-order valence-electron chi connectivity index (χ0n) is 11.6. The molecule has 3 nitrogen and oxygen atoms in total. The summed E-state index contributed by atoms with van der Waals surface area (Å²) in [7, 11) is 0. The molecule has 0 heterocycles. The Morgan fingerprint density at radius 3 is 2.52 bits per heavy atom. The van der Waals surface area contributed by atoms with Gasteiger partial charge in [-0.1, -0.05) is 53.5 Å². The van der Waals surface area contributed by atoms with Gasteiger partial charge in [-0.25, -0.2) is 0 Å². The van der Waals surface area contributed by atoms with Gasteiger partial charge in [0, 0.05) is 11.1 Å². The van der Waals surface area contributed by atoms with Crippen molar-refractivity contribution < 1.29 is 4.79 Å². The highest BCUT2D eigenvalue weighted by atomic mass is 35.5. The third-order valence-corrected chi connectivity index (χ3v) is 3.62. The van der Waals surface area contributed by atoms with Crippen molar-refractivity contribution in [3.05, 3.63) is 64.1 Å². The monoisotopic (exact) mass is 322 g/mol. The molecule has 0 saturated carbocycles. The van der Waals surface area contributed by atoms with Gasteiger partial charge in [-0.15, -0.1) is 0 Å². The average Bonchev–Trinajstić information content (AvgIpc) is 2.48. The molecule has 5 heteroatoms. The summed E-state index contributed by atoms with van der Waals surface area (Å²) >= 11 is 11.8. The average molecular weight is 323 g/mol. The molecule has 0 aliphatic rings. The van der Waals surface area contributed by atoms with E-state index in [4.69, 9.17) is 23.2 Å². The predicted molar refractivity (Wildman–Crippen MR) is 88.0 cm³/mol. The number of halogens is 2. The second-order valence-electron chi connectivity index (χ2n) is 4.69. The lowest BCUT2D eigenvalue weighted by Gasteiger charge is -2.14. The molecular weight excluding hydrogens is 307 g/mol. The highest BCUT2D eigenvalue weighted by Gasteiger charge is 2.09. The summed E-state index contributed by atoms with van der Waals surface area (Å²) in [5, 5.41) is 6.88. The zero-order chi connectivity index (χ0) is 15.2. The largest absolute Gasteiger partial charge is 0.324 e. The minimum atomic E-state index is -0.151. The van der Waals surface area contributed by atoms with Gasteiger partial charge in [-0.3, -0.25) is 4.79 Å². The summed E-state index contributed by atoms with van der Waals surface area (Å²) in [6.07, 6.45) is 0. The van der Waals surface area contributed by atoms with Gasteiger partial charge in [0.2, 0.25) is 5.91 Å². The summed E-state index contributed by atoms with van der Waals surface area (Å²) in [6.45, 7) is 2.22. The van der Waals surface area contributed by atoms with Gasteiger partial charge in [-0.2, -0.15) is 0 Å². The fourth-order valence-electron chi connectivity index (χ4n) is 1.89. The second kappa shape index (κ2) is 7.46. The minimum absolute atomic E-state index is 0.0950. The maximum absolute atomic E-state index is 11.9. The first kappa shape index (κ1) is 15.8. The molecule has 0 radical (unpaired) electrons. The Morgan fingerprint density at radius 2 is 1.86 bits per heavy atom. The molecule has 0 aromatic heterocycles. The molecule has 0 unspecified atom stereocenters. The van der Waals surface area contributed by atoms with E-state index in [-0.39, 0.29) is 18.5 Å². The van der Waals surface area contributed by atoms with Crippen LogP contribution in [-0.4, -0.2) is 12.5 Å². The van der Waals surface area contributed by atoms with Gasteiger partial charge < -0.3 is 10.6 Å². The Hall–Kier alpha value is -1.55. The van der Waals surface area contributed by atoms with Crippen LogP contribution in [-0.2, 0) is 4.79 Å². The Labute approximate surface area is 134 Å². The van der Waals surface area contributed by atoms with Crippen LogP contribution < -0.4 is 10.6 Å². The number of hydrogen-bond donors (Lipinski definition) is 2. The fraction of sp³-hybridized carbons (Fsp3) is 0.188. The molecule has 0 aliphatic carbocycles. The van der Waals surface area contributed by atoms with E-state index in [1.165, 1.54) is 0 Å². The van der Waals surface area contributed by atoms with E-state index in [0.29, 0.717) is 15.7 Å². The van der Waals surface area contributed by atoms with Crippen molar-refractivity contribution in [1.29, 1.82) is 0 Å². The number of nitrogens with one attached hydrogen (secondary N) is 2. The normalized spacial score (nSPS) is 12.0. The van der Waals surface area contributed by atoms with E-state index in [0.717, 1.165) is 5.56 Å². The SMILES string of the molecule is C[C@H](NCC(=O)Nc1ccc(Cl)cc1Cl)c1ccccc1. The molecule has 0 bridgehead atoms. The number of carbonyl (C=O) groups is 1. The van der Waals surface area contributed by atoms with Crippen LogP contribution in [0.15, 0.2) is 48.5 Å². The lowest BCUT2D eigenvalue weighted by Crippen LogP contribution is -2.30. The van der Waals surface area contributed by atoms with E-state index >= 15 is 0 Å². The maximum atomic E-state index is 11.9. The Morgan fingerprint density at radius 1 is 1.14 bits per heavy atom. The van der Waals surface area contributed by atoms with Crippen molar-refractivity contribution in [1.82, 2.24) is 5.32 Å². The highest BCUT2D eigenvalue weighted by Crippen LogP contribution is 2.25. The van der Waals surface area contributed by atoms with Crippen molar-refractivity contribution in [2.75, 3.05) is 11.9 Å². The first-order valence-electron chi connectivity index (χ1n) is 6.59. The van der Waals surface area contributed by atoms with Crippen molar-refractivity contribution in [2.45, 2.75) is 13.0 Å². The van der Waals surface area contributed by atoms with Gasteiger partial charge in [0.1, 0.15) is 0 Å². The van der Waals surface area contributed by atoms with E-state index in [9.17, 15) is 4.79 Å². The van der Waals surface area contributed by atoms with Crippen LogP contribution in [0.4, 0.5) is 5.69 Å². The third-order valence-electron chi connectivity index (χ3n) is 3.07. The zero-order valence-corrected chi connectivity index (χ0v) is 13.1. The van der Waals surface area contributed by atoms with Crippen LogP contribution in [0.1, 0.15) is 18.5 Å². The maximum Gasteiger partial charge on any atom is 0.238 e. The van der Waals surface area contributed by atoms with Crippen LogP contribution >= 0.6 is 23.2 Å². The molecule has 1 amide bonds. The van der Waals surface area contributed by atoms with Crippen LogP contribution in [0.25, 0.3) is 0 Å². The Kier molecular flexibility index (Phi) is 5.62. The van der Waals surface area contributed by atoms with Crippen molar-refractivity contribution in [2.24, 2.45) is 0 Å². The van der Waals surface area contributed by atoms with E-state index in [2.05, 4.69) is 10.6 Å². The standard InChI is InChI=1S/C16H16Cl2N2O/c1-11(12-5-3-2-4-6-12)19-10-16(21)20-15-8-7-13(17)9-14(15)18/h2-9,11,19H,10H2,1H3,(H,20,21)/t11-/m0/s1. The van der Waals surface area contributed by atoms with Gasteiger partial charge >= 0.3 is 0 Å². The van der Waals surface area contributed by atoms with E-state index in [1.807, 2.05) is 37.3 Å². The lowest BCUT2D eigenvalue weighted by atomic mass is 10.1. The molecular formula is C16H16Cl2N2O. The molecule has 2 rings (SSSR count). The molecule has 21 heavy (non-hydrogen) atoms. The summed E-state index contributed by atoms with van der Waals surface area (Å²) in [4.78, 5) is 11.9. The Balaban J connectivity index is 1.87. The number of rotatable bonds is 5. The first-order chi connectivity index (χ1) is 10.1. The first-order valence-corrected chi connectivity index (χ1v) is 7.35. The van der Waals surface area contributed by atoms with Crippen molar-refractivity contribution in [3.63, 3.8) is 0 Å². The van der Waals surface area contributed by atoms with Crippen molar-refractivity contribution >= 4 is 34.8 Å². The molecule has 110 valence electrons. The van der Waals surface area contributed by atoms with Crippen molar-refractivity contribution in [3.8, 4) is 0 Å². The summed E-state index contributed by atoms with van der Waals surface area (Å²) in [6, 6.07) is 15.0. The fourth-order valence-corrected chi connectivity index (χ4v) is 2.35. The molecule has 0 spiro atoms. The van der Waals surface area contributed by atoms with E-state index < -0.39 is 0 Å². The van der Waals surface area contributed by atoms with Gasteiger partial charge in [0.15, 0.2) is 0 Å². The van der Waals surface area contributed by atoms with Gasteiger partial charge in [-0.05, 0) is 30.7 Å². The smallest absolute Gasteiger partial charge is 0.238 e. The second-order valence-corrected chi connectivity index (χ2v) is 5.53.